The molecule has 1 aromatic carbocycles. The van der Waals surface area contributed by atoms with Gasteiger partial charge in [0.1, 0.15) is 5.69 Å². The van der Waals surface area contributed by atoms with Crippen molar-refractivity contribution in [3.63, 3.8) is 0 Å². The maximum Gasteiger partial charge on any atom is 0.269 e. The van der Waals surface area contributed by atoms with Crippen LogP contribution in [0.1, 0.15) is 10.5 Å². The Morgan fingerprint density at radius 2 is 2.08 bits per heavy atom. The van der Waals surface area contributed by atoms with Crippen molar-refractivity contribution < 1.29 is 9.53 Å². The molecule has 2 heterocycles. The summed E-state index contributed by atoms with van der Waals surface area (Å²) in [6.07, 6.45) is 0. The molecule has 128 valence electrons. The maximum absolute atomic E-state index is 12.4. The molecule has 0 bridgehead atoms. The van der Waals surface area contributed by atoms with Crippen LogP contribution < -0.4 is 5.32 Å². The van der Waals surface area contributed by atoms with Gasteiger partial charge in [-0.3, -0.25) is 14.4 Å². The van der Waals surface area contributed by atoms with E-state index in [-0.39, 0.29) is 5.91 Å². The fourth-order valence-electron chi connectivity index (χ4n) is 2.72. The summed E-state index contributed by atoms with van der Waals surface area (Å²) in [5.41, 5.74) is 2.04. The highest BCUT2D eigenvalue weighted by atomic mass is 35.5. The van der Waals surface area contributed by atoms with Crippen LogP contribution in [0.15, 0.2) is 30.3 Å². The molecule has 0 atom stereocenters. The third kappa shape index (κ3) is 3.95. The van der Waals surface area contributed by atoms with Crippen LogP contribution >= 0.6 is 11.6 Å². The Morgan fingerprint density at radius 1 is 1.33 bits per heavy atom. The number of ether oxygens (including phenoxy) is 1. The van der Waals surface area contributed by atoms with Gasteiger partial charge in [0.05, 0.1) is 23.9 Å². The number of carbonyl (C=O) groups is 1. The van der Waals surface area contributed by atoms with Gasteiger partial charge in [0.15, 0.2) is 0 Å². The summed E-state index contributed by atoms with van der Waals surface area (Å²) in [5.74, 6) is -0.128. The number of amides is 1. The summed E-state index contributed by atoms with van der Waals surface area (Å²) >= 11 is 6.20. The molecule has 1 aliphatic rings. The average Bonchev–Trinajstić information content (AvgIpc) is 2.98. The van der Waals surface area contributed by atoms with E-state index in [1.165, 1.54) is 0 Å². The first-order valence-corrected chi connectivity index (χ1v) is 8.40. The number of halogens is 1. The van der Waals surface area contributed by atoms with E-state index in [0.29, 0.717) is 23.0 Å². The van der Waals surface area contributed by atoms with Crippen LogP contribution in [0.3, 0.4) is 0 Å². The summed E-state index contributed by atoms with van der Waals surface area (Å²) in [6.45, 7) is 4.78. The first-order chi connectivity index (χ1) is 11.6. The molecule has 1 aliphatic heterocycles. The lowest BCUT2D eigenvalue weighted by Crippen LogP contribution is -2.41. The van der Waals surface area contributed by atoms with Crippen molar-refractivity contribution in [3.05, 3.63) is 41.0 Å². The molecule has 1 N–H and O–H groups in total. The molecular weight excluding hydrogens is 328 g/mol. The molecule has 6 nitrogen and oxygen atoms in total. The molecule has 1 aromatic heterocycles. The Bertz CT molecular complexity index is 710. The Kier molecular flexibility index (Phi) is 5.50. The monoisotopic (exact) mass is 348 g/mol. The largest absolute Gasteiger partial charge is 0.379 e. The summed E-state index contributed by atoms with van der Waals surface area (Å²) in [4.78, 5) is 14.7. The quantitative estimate of drug-likeness (QED) is 0.895. The number of nitrogens with one attached hydrogen (secondary N) is 1. The molecule has 0 spiro atoms. The van der Waals surface area contributed by atoms with Crippen LogP contribution in [0.25, 0.3) is 11.3 Å². The molecule has 0 saturated carbocycles. The first kappa shape index (κ1) is 17.0. The molecule has 2 aromatic rings. The molecule has 3 rings (SSSR count). The molecule has 1 amide bonds. The van der Waals surface area contributed by atoms with Gasteiger partial charge < -0.3 is 10.1 Å². The number of aryl methyl sites for hydroxylation is 1. The van der Waals surface area contributed by atoms with Crippen LogP contribution in [0, 0.1) is 0 Å². The number of nitrogens with zero attached hydrogens (tertiary/aromatic N) is 3. The molecule has 0 aliphatic carbocycles. The van der Waals surface area contributed by atoms with Gasteiger partial charge in [0.25, 0.3) is 5.91 Å². The number of benzene rings is 1. The van der Waals surface area contributed by atoms with Crippen LogP contribution in [0.2, 0.25) is 5.02 Å². The SMILES string of the molecule is Cn1nc(-c2ccccc2Cl)cc1C(=O)NCCN1CCOCC1. The van der Waals surface area contributed by atoms with Crippen molar-refractivity contribution in [3.8, 4) is 11.3 Å². The molecule has 1 fully saturated rings. The second kappa shape index (κ2) is 7.79. The van der Waals surface area contributed by atoms with Crippen LogP contribution in [0.5, 0.6) is 0 Å². The molecule has 7 heteroatoms. The summed E-state index contributed by atoms with van der Waals surface area (Å²) in [5, 5.41) is 7.98. The lowest BCUT2D eigenvalue weighted by Gasteiger charge is -2.26. The van der Waals surface area contributed by atoms with E-state index >= 15 is 0 Å². The minimum absolute atomic E-state index is 0.128. The van der Waals surface area contributed by atoms with Crippen molar-refractivity contribution >= 4 is 17.5 Å². The topological polar surface area (TPSA) is 59.4 Å². The lowest BCUT2D eigenvalue weighted by atomic mass is 10.1. The average molecular weight is 349 g/mol. The molecular formula is C17H21ClN4O2. The molecule has 0 radical (unpaired) electrons. The van der Waals surface area contributed by atoms with Gasteiger partial charge >= 0.3 is 0 Å². The van der Waals surface area contributed by atoms with Gasteiger partial charge in [-0.05, 0) is 12.1 Å². The zero-order chi connectivity index (χ0) is 16.9. The number of hydrogen-bond donors (Lipinski definition) is 1. The summed E-state index contributed by atoms with van der Waals surface area (Å²) in [6, 6.07) is 9.25. The lowest BCUT2D eigenvalue weighted by molar-refractivity contribution is 0.0383. The molecule has 0 unspecified atom stereocenters. The second-order valence-corrected chi connectivity index (χ2v) is 6.14. The predicted octanol–water partition coefficient (Wildman–Crippen LogP) is 1.80. The first-order valence-electron chi connectivity index (χ1n) is 8.02. The van der Waals surface area contributed by atoms with Gasteiger partial charge in [-0.1, -0.05) is 29.8 Å². The molecule has 1 saturated heterocycles. The number of carbonyl (C=O) groups excluding carboxylic acids is 1. The van der Waals surface area contributed by atoms with Gasteiger partial charge in [0, 0.05) is 38.8 Å². The van der Waals surface area contributed by atoms with E-state index in [1.807, 2.05) is 24.3 Å². The van der Waals surface area contributed by atoms with Gasteiger partial charge in [-0.15, -0.1) is 0 Å². The number of aromatic nitrogens is 2. The highest BCUT2D eigenvalue weighted by molar-refractivity contribution is 6.33. The van der Waals surface area contributed by atoms with Crippen molar-refractivity contribution in [1.82, 2.24) is 20.0 Å². The van der Waals surface area contributed by atoms with Crippen LogP contribution in [-0.2, 0) is 11.8 Å². The highest BCUT2D eigenvalue weighted by Gasteiger charge is 2.16. The van der Waals surface area contributed by atoms with Gasteiger partial charge in [-0.2, -0.15) is 5.10 Å². The fraction of sp³-hybridized carbons (Fsp3) is 0.412. The number of rotatable bonds is 5. The minimum atomic E-state index is -0.128. The molecule has 24 heavy (non-hydrogen) atoms. The maximum atomic E-state index is 12.4. The Labute approximate surface area is 146 Å². The van der Waals surface area contributed by atoms with E-state index in [1.54, 1.807) is 17.8 Å². The van der Waals surface area contributed by atoms with Crippen molar-refractivity contribution in [1.29, 1.82) is 0 Å². The zero-order valence-corrected chi connectivity index (χ0v) is 14.4. The smallest absolute Gasteiger partial charge is 0.269 e. The van der Waals surface area contributed by atoms with E-state index < -0.39 is 0 Å². The van der Waals surface area contributed by atoms with Crippen molar-refractivity contribution in [2.24, 2.45) is 7.05 Å². The standard InChI is InChI=1S/C17H21ClN4O2/c1-21-16(12-15(20-21)13-4-2-3-5-14(13)18)17(23)19-6-7-22-8-10-24-11-9-22/h2-5,12H,6-11H2,1H3,(H,19,23). The second-order valence-electron chi connectivity index (χ2n) is 5.73. The van der Waals surface area contributed by atoms with Crippen LogP contribution in [-0.4, -0.2) is 60.0 Å². The van der Waals surface area contributed by atoms with Crippen molar-refractivity contribution in [2.45, 2.75) is 0 Å². The van der Waals surface area contributed by atoms with Gasteiger partial charge in [0.2, 0.25) is 0 Å². The number of hydrogen-bond acceptors (Lipinski definition) is 4. The third-order valence-electron chi connectivity index (χ3n) is 4.08. The van der Waals surface area contributed by atoms with Crippen molar-refractivity contribution in [2.75, 3.05) is 39.4 Å². The Balaban J connectivity index is 1.62. The van der Waals surface area contributed by atoms with E-state index in [4.69, 9.17) is 16.3 Å². The zero-order valence-electron chi connectivity index (χ0n) is 13.7. The number of morpholine rings is 1. The van der Waals surface area contributed by atoms with Crippen LogP contribution in [0.4, 0.5) is 0 Å². The van der Waals surface area contributed by atoms with E-state index in [2.05, 4.69) is 15.3 Å². The minimum Gasteiger partial charge on any atom is -0.379 e. The van der Waals surface area contributed by atoms with Gasteiger partial charge in [-0.25, -0.2) is 0 Å². The third-order valence-corrected chi connectivity index (χ3v) is 4.41. The highest BCUT2D eigenvalue weighted by Crippen LogP contribution is 2.26. The summed E-state index contributed by atoms with van der Waals surface area (Å²) in [7, 11) is 1.76. The normalized spacial score (nSPS) is 15.4. The fourth-order valence-corrected chi connectivity index (χ4v) is 2.96. The Hall–Kier alpha value is -1.89. The van der Waals surface area contributed by atoms with E-state index in [9.17, 15) is 4.79 Å². The Morgan fingerprint density at radius 3 is 2.83 bits per heavy atom. The van der Waals surface area contributed by atoms with E-state index in [0.717, 1.165) is 38.4 Å². The summed E-state index contributed by atoms with van der Waals surface area (Å²) < 4.78 is 6.90. The predicted molar refractivity (Wildman–Crippen MR) is 93.2 cm³/mol.